The average Bonchev–Trinajstić information content (AvgIpc) is 2.82. The number of H-pyrrole nitrogens is 1. The third-order valence-corrected chi connectivity index (χ3v) is 2.49. The van der Waals surface area contributed by atoms with Crippen LogP contribution in [0.2, 0.25) is 0 Å². The summed E-state index contributed by atoms with van der Waals surface area (Å²) >= 11 is 0. The van der Waals surface area contributed by atoms with Gasteiger partial charge in [-0.3, -0.25) is 5.10 Å². The summed E-state index contributed by atoms with van der Waals surface area (Å²) in [4.78, 5) is 0. The fraction of sp³-hybridized carbons (Fsp3) is 0.250. The molecule has 0 aliphatic heterocycles. The van der Waals surface area contributed by atoms with Gasteiger partial charge in [0.15, 0.2) is 0 Å². The van der Waals surface area contributed by atoms with Crippen molar-refractivity contribution < 1.29 is 13.5 Å². The van der Waals surface area contributed by atoms with Crippen molar-refractivity contribution in [1.29, 1.82) is 0 Å². The molecule has 0 amide bonds. The van der Waals surface area contributed by atoms with Crippen LogP contribution in [-0.4, -0.2) is 16.8 Å². The van der Waals surface area contributed by atoms with Gasteiger partial charge in [0.1, 0.15) is 5.75 Å². The van der Waals surface area contributed by atoms with E-state index in [4.69, 9.17) is 0 Å². The summed E-state index contributed by atoms with van der Waals surface area (Å²) in [6.07, 6.45) is 3.41. The lowest BCUT2D eigenvalue weighted by molar-refractivity contribution is -0.0498. The zero-order valence-electron chi connectivity index (χ0n) is 9.73. The molecule has 2 N–H and O–H groups in total. The van der Waals surface area contributed by atoms with Gasteiger partial charge in [-0.05, 0) is 24.6 Å². The minimum absolute atomic E-state index is 0.0446. The molecule has 0 saturated heterocycles. The van der Waals surface area contributed by atoms with E-state index in [9.17, 15) is 8.78 Å². The van der Waals surface area contributed by atoms with Crippen molar-refractivity contribution in [3.8, 4) is 5.75 Å². The standard InChI is InChI=1S/C12H13F2N3O/c1-8(17-10-6-15-16-7-10)9-2-4-11(5-3-9)18-12(13)14/h2-8,12,17H,1H3,(H,15,16). The topological polar surface area (TPSA) is 49.9 Å². The van der Waals surface area contributed by atoms with Gasteiger partial charge in [0, 0.05) is 12.2 Å². The number of halogens is 2. The predicted octanol–water partition coefficient (Wildman–Crippen LogP) is 3.18. The first-order chi connectivity index (χ1) is 8.65. The molecule has 1 atom stereocenters. The Morgan fingerprint density at radius 3 is 2.56 bits per heavy atom. The molecule has 2 rings (SSSR count). The highest BCUT2D eigenvalue weighted by atomic mass is 19.3. The van der Waals surface area contributed by atoms with Crippen molar-refractivity contribution in [2.75, 3.05) is 5.32 Å². The first kappa shape index (κ1) is 12.3. The lowest BCUT2D eigenvalue weighted by Gasteiger charge is -2.14. The lowest BCUT2D eigenvalue weighted by Crippen LogP contribution is -2.06. The van der Waals surface area contributed by atoms with E-state index in [0.29, 0.717) is 0 Å². The maximum absolute atomic E-state index is 12.0. The fourth-order valence-corrected chi connectivity index (χ4v) is 1.60. The van der Waals surface area contributed by atoms with Crippen molar-refractivity contribution in [2.24, 2.45) is 0 Å². The number of rotatable bonds is 5. The number of nitrogens with one attached hydrogen (secondary N) is 2. The van der Waals surface area contributed by atoms with Crippen molar-refractivity contribution in [1.82, 2.24) is 10.2 Å². The number of nitrogens with zero attached hydrogens (tertiary/aromatic N) is 1. The number of hydrogen-bond acceptors (Lipinski definition) is 3. The number of aromatic nitrogens is 2. The van der Waals surface area contributed by atoms with Crippen LogP contribution in [0.25, 0.3) is 0 Å². The second-order valence-corrected chi connectivity index (χ2v) is 3.80. The maximum Gasteiger partial charge on any atom is 0.387 e. The zero-order valence-corrected chi connectivity index (χ0v) is 9.73. The number of hydrogen-bond donors (Lipinski definition) is 2. The van der Waals surface area contributed by atoms with Gasteiger partial charge >= 0.3 is 6.61 Å². The van der Waals surface area contributed by atoms with E-state index < -0.39 is 6.61 Å². The lowest BCUT2D eigenvalue weighted by atomic mass is 10.1. The molecule has 1 unspecified atom stereocenters. The Labute approximate surface area is 103 Å². The largest absolute Gasteiger partial charge is 0.435 e. The monoisotopic (exact) mass is 253 g/mol. The number of aromatic amines is 1. The molecule has 0 aliphatic rings. The van der Waals surface area contributed by atoms with Crippen molar-refractivity contribution in [3.63, 3.8) is 0 Å². The Morgan fingerprint density at radius 2 is 2.00 bits per heavy atom. The van der Waals surface area contributed by atoms with E-state index in [1.165, 1.54) is 12.1 Å². The average molecular weight is 253 g/mol. The summed E-state index contributed by atoms with van der Waals surface area (Å²) in [5, 5.41) is 9.74. The molecule has 0 spiro atoms. The first-order valence-corrected chi connectivity index (χ1v) is 5.45. The minimum atomic E-state index is -2.79. The van der Waals surface area contributed by atoms with Crippen LogP contribution in [-0.2, 0) is 0 Å². The minimum Gasteiger partial charge on any atom is -0.435 e. The molecule has 0 saturated carbocycles. The smallest absolute Gasteiger partial charge is 0.387 e. The normalized spacial score (nSPS) is 12.4. The van der Waals surface area contributed by atoms with Gasteiger partial charge in [0.05, 0.1) is 11.9 Å². The van der Waals surface area contributed by atoms with Gasteiger partial charge in [-0.25, -0.2) is 0 Å². The van der Waals surface area contributed by atoms with Crippen molar-refractivity contribution >= 4 is 5.69 Å². The summed E-state index contributed by atoms with van der Waals surface area (Å²) in [5.74, 6) is 0.157. The third-order valence-electron chi connectivity index (χ3n) is 2.49. The Balaban J connectivity index is 2.00. The first-order valence-electron chi connectivity index (χ1n) is 5.45. The molecule has 1 aromatic heterocycles. The molecule has 96 valence electrons. The quantitative estimate of drug-likeness (QED) is 0.860. The molecular weight excluding hydrogens is 240 g/mol. The molecule has 0 bridgehead atoms. The van der Waals surface area contributed by atoms with E-state index in [2.05, 4.69) is 20.3 Å². The number of ether oxygens (including phenoxy) is 1. The van der Waals surface area contributed by atoms with Crippen LogP contribution in [0.5, 0.6) is 5.75 Å². The summed E-state index contributed by atoms with van der Waals surface area (Å²) in [5.41, 5.74) is 1.84. The molecule has 4 nitrogen and oxygen atoms in total. The summed E-state index contributed by atoms with van der Waals surface area (Å²) < 4.78 is 28.3. The van der Waals surface area contributed by atoms with Crippen molar-refractivity contribution in [2.45, 2.75) is 19.6 Å². The van der Waals surface area contributed by atoms with E-state index in [0.717, 1.165) is 11.3 Å². The Kier molecular flexibility index (Phi) is 3.76. The maximum atomic E-state index is 12.0. The number of anilines is 1. The zero-order chi connectivity index (χ0) is 13.0. The number of benzene rings is 1. The molecule has 1 aromatic carbocycles. The SMILES string of the molecule is CC(Nc1cn[nH]c1)c1ccc(OC(F)F)cc1. The Hall–Kier alpha value is -2.11. The van der Waals surface area contributed by atoms with E-state index in [-0.39, 0.29) is 11.8 Å². The summed E-state index contributed by atoms with van der Waals surface area (Å²) in [6, 6.07) is 6.58. The molecule has 0 aliphatic carbocycles. The Bertz CT molecular complexity index is 471. The van der Waals surface area contributed by atoms with E-state index in [1.807, 2.05) is 6.92 Å². The van der Waals surface area contributed by atoms with E-state index in [1.54, 1.807) is 24.5 Å². The van der Waals surface area contributed by atoms with Crippen LogP contribution < -0.4 is 10.1 Å². The van der Waals surface area contributed by atoms with Crippen LogP contribution in [0.15, 0.2) is 36.7 Å². The second kappa shape index (κ2) is 5.48. The second-order valence-electron chi connectivity index (χ2n) is 3.80. The van der Waals surface area contributed by atoms with Gasteiger partial charge in [-0.2, -0.15) is 13.9 Å². The van der Waals surface area contributed by atoms with Crippen LogP contribution in [0.1, 0.15) is 18.5 Å². The molecular formula is C12H13F2N3O. The van der Waals surface area contributed by atoms with Crippen LogP contribution in [0.3, 0.4) is 0 Å². The molecule has 0 fully saturated rings. The van der Waals surface area contributed by atoms with Crippen LogP contribution >= 0.6 is 0 Å². The number of alkyl halides is 2. The highest BCUT2D eigenvalue weighted by Crippen LogP contribution is 2.21. The van der Waals surface area contributed by atoms with Gasteiger partial charge < -0.3 is 10.1 Å². The van der Waals surface area contributed by atoms with Gasteiger partial charge in [-0.1, -0.05) is 12.1 Å². The molecule has 2 aromatic rings. The molecule has 18 heavy (non-hydrogen) atoms. The van der Waals surface area contributed by atoms with Crippen molar-refractivity contribution in [3.05, 3.63) is 42.2 Å². The predicted molar refractivity (Wildman–Crippen MR) is 63.7 cm³/mol. The highest BCUT2D eigenvalue weighted by molar-refractivity contribution is 5.41. The molecule has 6 heteroatoms. The van der Waals surface area contributed by atoms with Gasteiger partial charge in [-0.15, -0.1) is 0 Å². The molecule has 1 heterocycles. The van der Waals surface area contributed by atoms with Crippen LogP contribution in [0.4, 0.5) is 14.5 Å². The van der Waals surface area contributed by atoms with Gasteiger partial charge in [0.2, 0.25) is 0 Å². The fourth-order valence-electron chi connectivity index (χ4n) is 1.60. The molecule has 0 radical (unpaired) electrons. The Morgan fingerprint density at radius 1 is 1.28 bits per heavy atom. The highest BCUT2D eigenvalue weighted by Gasteiger charge is 2.08. The summed E-state index contributed by atoms with van der Waals surface area (Å²) in [7, 11) is 0. The summed E-state index contributed by atoms with van der Waals surface area (Å²) in [6.45, 7) is -0.826. The van der Waals surface area contributed by atoms with E-state index >= 15 is 0 Å². The van der Waals surface area contributed by atoms with Crippen LogP contribution in [0, 0.1) is 0 Å². The van der Waals surface area contributed by atoms with Gasteiger partial charge in [0.25, 0.3) is 0 Å². The third kappa shape index (κ3) is 3.19.